The third-order valence-electron chi connectivity index (χ3n) is 4.03. The summed E-state index contributed by atoms with van der Waals surface area (Å²) in [7, 11) is 1.71. The number of nitrogens with zero attached hydrogens (tertiary/aromatic N) is 1. The molecular weight excluding hydrogens is 222 g/mol. The summed E-state index contributed by atoms with van der Waals surface area (Å²) in [6.07, 6.45) is 6.94. The molecule has 1 fully saturated rings. The molecule has 2 nitrogen and oxygen atoms in total. The zero-order valence-electron chi connectivity index (χ0n) is 11.1. The van der Waals surface area contributed by atoms with E-state index in [0.717, 1.165) is 5.75 Å². The lowest BCUT2D eigenvalue weighted by molar-refractivity contribution is 0.396. The Morgan fingerprint density at radius 3 is 2.89 bits per heavy atom. The molecule has 18 heavy (non-hydrogen) atoms. The van der Waals surface area contributed by atoms with Crippen LogP contribution in [0.3, 0.4) is 0 Å². The highest BCUT2D eigenvalue weighted by Gasteiger charge is 2.25. The highest BCUT2D eigenvalue weighted by Crippen LogP contribution is 2.39. The molecule has 1 aliphatic rings. The Balaban J connectivity index is 2.23. The van der Waals surface area contributed by atoms with E-state index in [2.05, 4.69) is 24.3 Å². The highest BCUT2D eigenvalue weighted by molar-refractivity contribution is 5.31. The summed E-state index contributed by atoms with van der Waals surface area (Å²) < 4.78 is 5.31. The van der Waals surface area contributed by atoms with Gasteiger partial charge in [0.25, 0.3) is 0 Å². The second-order valence-corrected chi connectivity index (χ2v) is 5.14. The van der Waals surface area contributed by atoms with Crippen molar-refractivity contribution in [3.05, 3.63) is 29.8 Å². The Hall–Kier alpha value is -1.49. The van der Waals surface area contributed by atoms with E-state index < -0.39 is 0 Å². The topological polar surface area (TPSA) is 33.0 Å². The van der Waals surface area contributed by atoms with Crippen molar-refractivity contribution in [2.24, 2.45) is 5.92 Å². The molecule has 0 radical (unpaired) electrons. The zero-order valence-corrected chi connectivity index (χ0v) is 11.1. The van der Waals surface area contributed by atoms with Gasteiger partial charge in [0.1, 0.15) is 5.75 Å². The molecule has 0 N–H and O–H groups in total. The first kappa shape index (κ1) is 13.0. The quantitative estimate of drug-likeness (QED) is 0.743. The van der Waals surface area contributed by atoms with E-state index in [1.165, 1.54) is 37.7 Å². The van der Waals surface area contributed by atoms with E-state index >= 15 is 0 Å². The number of ether oxygens (including phenoxy) is 1. The predicted molar refractivity (Wildman–Crippen MR) is 72.5 cm³/mol. The number of rotatable bonds is 3. The fraction of sp³-hybridized carbons (Fsp3) is 0.562. The molecule has 0 bridgehead atoms. The van der Waals surface area contributed by atoms with E-state index in [0.29, 0.717) is 18.3 Å². The van der Waals surface area contributed by atoms with E-state index in [-0.39, 0.29) is 0 Å². The Bertz CT molecular complexity index is 421. The minimum absolute atomic E-state index is 0.518. The number of methoxy groups -OCH3 is 1. The van der Waals surface area contributed by atoms with Crippen molar-refractivity contribution in [3.63, 3.8) is 0 Å². The summed E-state index contributed by atoms with van der Waals surface area (Å²) >= 11 is 0. The minimum atomic E-state index is 0.518. The molecular formula is C16H21NO. The zero-order chi connectivity index (χ0) is 12.8. The molecule has 0 saturated heterocycles. The maximum absolute atomic E-state index is 9.00. The van der Waals surface area contributed by atoms with Gasteiger partial charge in [-0.05, 0) is 42.4 Å². The lowest BCUT2D eigenvalue weighted by Gasteiger charge is -2.23. The van der Waals surface area contributed by atoms with Crippen molar-refractivity contribution in [2.45, 2.75) is 44.4 Å². The average molecular weight is 243 g/mol. The number of benzene rings is 1. The van der Waals surface area contributed by atoms with Crippen LogP contribution in [0.1, 0.15) is 50.0 Å². The van der Waals surface area contributed by atoms with Crippen molar-refractivity contribution < 1.29 is 4.74 Å². The fourth-order valence-corrected chi connectivity index (χ4v) is 3.06. The van der Waals surface area contributed by atoms with Crippen LogP contribution in [0.5, 0.6) is 5.75 Å². The Kier molecular flexibility index (Phi) is 4.64. The Morgan fingerprint density at radius 2 is 2.11 bits per heavy atom. The van der Waals surface area contributed by atoms with Gasteiger partial charge in [-0.25, -0.2) is 0 Å². The molecule has 1 saturated carbocycles. The molecule has 0 amide bonds. The molecule has 1 aromatic carbocycles. The third-order valence-corrected chi connectivity index (χ3v) is 4.03. The van der Waals surface area contributed by atoms with Gasteiger partial charge in [0.15, 0.2) is 0 Å². The molecule has 2 rings (SSSR count). The molecule has 2 heteroatoms. The predicted octanol–water partition coefficient (Wildman–Crippen LogP) is 4.27. The minimum Gasteiger partial charge on any atom is -0.497 e. The largest absolute Gasteiger partial charge is 0.497 e. The van der Waals surface area contributed by atoms with Crippen molar-refractivity contribution >= 4 is 0 Å². The van der Waals surface area contributed by atoms with Crippen LogP contribution in [0.15, 0.2) is 24.3 Å². The van der Waals surface area contributed by atoms with Gasteiger partial charge in [0.2, 0.25) is 0 Å². The van der Waals surface area contributed by atoms with Crippen molar-refractivity contribution in [2.75, 3.05) is 7.11 Å². The number of hydrogen-bond donors (Lipinski definition) is 0. The van der Waals surface area contributed by atoms with Crippen LogP contribution in [0, 0.1) is 17.2 Å². The molecule has 2 unspecified atom stereocenters. The number of hydrogen-bond acceptors (Lipinski definition) is 2. The van der Waals surface area contributed by atoms with Gasteiger partial charge in [0, 0.05) is 6.42 Å². The van der Waals surface area contributed by atoms with Crippen molar-refractivity contribution in [1.29, 1.82) is 5.26 Å². The molecule has 96 valence electrons. The number of nitriles is 1. The van der Waals surface area contributed by atoms with Gasteiger partial charge < -0.3 is 4.74 Å². The average Bonchev–Trinajstić information content (AvgIpc) is 2.65. The third kappa shape index (κ3) is 3.04. The van der Waals surface area contributed by atoms with Crippen molar-refractivity contribution in [1.82, 2.24) is 0 Å². The van der Waals surface area contributed by atoms with E-state index in [9.17, 15) is 0 Å². The van der Waals surface area contributed by atoms with Crippen LogP contribution in [0.25, 0.3) is 0 Å². The van der Waals surface area contributed by atoms with Gasteiger partial charge >= 0.3 is 0 Å². The van der Waals surface area contributed by atoms with Gasteiger partial charge in [-0.1, -0.05) is 31.4 Å². The molecule has 0 spiro atoms. The lowest BCUT2D eigenvalue weighted by Crippen LogP contribution is -2.11. The second kappa shape index (κ2) is 6.44. The van der Waals surface area contributed by atoms with Crippen LogP contribution in [-0.2, 0) is 0 Å². The van der Waals surface area contributed by atoms with Gasteiger partial charge in [-0.15, -0.1) is 0 Å². The van der Waals surface area contributed by atoms with Gasteiger partial charge in [-0.2, -0.15) is 5.26 Å². The Labute approximate surface area is 110 Å². The van der Waals surface area contributed by atoms with Gasteiger partial charge in [0.05, 0.1) is 13.2 Å². The molecule has 0 aromatic heterocycles. The summed E-state index contributed by atoms with van der Waals surface area (Å²) in [5, 5.41) is 9.00. The van der Waals surface area contributed by atoms with Crippen molar-refractivity contribution in [3.8, 4) is 11.8 Å². The molecule has 0 aliphatic heterocycles. The molecule has 0 heterocycles. The molecule has 2 atom stereocenters. The van der Waals surface area contributed by atoms with E-state index in [1.807, 2.05) is 6.07 Å². The summed E-state index contributed by atoms with van der Waals surface area (Å²) in [6.45, 7) is 0. The summed E-state index contributed by atoms with van der Waals surface area (Å²) in [5.74, 6) is 1.97. The Morgan fingerprint density at radius 1 is 1.28 bits per heavy atom. The first-order valence-corrected chi connectivity index (χ1v) is 6.86. The highest BCUT2D eigenvalue weighted by atomic mass is 16.5. The summed E-state index contributed by atoms with van der Waals surface area (Å²) in [4.78, 5) is 0. The maximum atomic E-state index is 9.00. The SMILES string of the molecule is COc1cccc(C2CCCCCC2CC#N)c1. The van der Waals surface area contributed by atoms with E-state index in [1.54, 1.807) is 7.11 Å². The maximum Gasteiger partial charge on any atom is 0.119 e. The van der Waals surface area contributed by atoms with Crippen LogP contribution in [0.4, 0.5) is 0 Å². The second-order valence-electron chi connectivity index (χ2n) is 5.14. The summed E-state index contributed by atoms with van der Waals surface area (Å²) in [5.41, 5.74) is 1.34. The smallest absolute Gasteiger partial charge is 0.119 e. The van der Waals surface area contributed by atoms with Gasteiger partial charge in [-0.3, -0.25) is 0 Å². The normalized spacial score (nSPS) is 24.0. The molecule has 1 aromatic rings. The van der Waals surface area contributed by atoms with Crippen LogP contribution in [-0.4, -0.2) is 7.11 Å². The molecule has 1 aliphatic carbocycles. The first-order chi connectivity index (χ1) is 8.85. The standard InChI is InChI=1S/C16H21NO/c1-18-15-8-5-7-14(12-15)16-9-4-2-3-6-13(16)10-11-17/h5,7-8,12-13,16H,2-4,6,9-10H2,1H3. The monoisotopic (exact) mass is 243 g/mol. The van der Waals surface area contributed by atoms with Crippen LogP contribution >= 0.6 is 0 Å². The van der Waals surface area contributed by atoms with E-state index in [4.69, 9.17) is 10.00 Å². The first-order valence-electron chi connectivity index (χ1n) is 6.86. The van der Waals surface area contributed by atoms with Crippen LogP contribution in [0.2, 0.25) is 0 Å². The summed E-state index contributed by atoms with van der Waals surface area (Å²) in [6, 6.07) is 10.7. The van der Waals surface area contributed by atoms with Crippen LogP contribution < -0.4 is 4.74 Å². The lowest BCUT2D eigenvalue weighted by atomic mass is 9.81. The fourth-order valence-electron chi connectivity index (χ4n) is 3.06.